The number of amides is 1. The fourth-order valence-electron chi connectivity index (χ4n) is 3.09. The number of nitrogens with one attached hydrogen (secondary N) is 1. The van der Waals surface area contributed by atoms with Crippen molar-refractivity contribution in [3.63, 3.8) is 0 Å². The minimum absolute atomic E-state index is 0.0513. The lowest BCUT2D eigenvalue weighted by Gasteiger charge is -2.30. The van der Waals surface area contributed by atoms with Crippen LogP contribution in [0.5, 0.6) is 0 Å². The predicted molar refractivity (Wildman–Crippen MR) is 107 cm³/mol. The Hall–Kier alpha value is -1.44. The van der Waals surface area contributed by atoms with Gasteiger partial charge >= 0.3 is 0 Å². The maximum Gasteiger partial charge on any atom is 0.236 e. The summed E-state index contributed by atoms with van der Waals surface area (Å²) in [5.74, 6) is 1.50. The maximum absolute atomic E-state index is 12.9. The van der Waals surface area contributed by atoms with Gasteiger partial charge in [-0.25, -0.2) is 9.37 Å². The van der Waals surface area contributed by atoms with Crippen LogP contribution in [-0.2, 0) is 17.1 Å². The van der Waals surface area contributed by atoms with E-state index in [1.165, 1.54) is 48.1 Å². The summed E-state index contributed by atoms with van der Waals surface area (Å²) in [6.07, 6.45) is 2.56. The number of likely N-dealkylation sites (tertiary alicyclic amines) is 1. The zero-order chi connectivity index (χ0) is 18.4. The lowest BCUT2D eigenvalue weighted by Crippen LogP contribution is -2.33. The Morgan fingerprint density at radius 2 is 2.23 bits per heavy atom. The number of nitrogens with zero attached hydrogens (tertiary/aromatic N) is 2. The van der Waals surface area contributed by atoms with E-state index in [2.05, 4.69) is 22.1 Å². The Kier molecular flexibility index (Phi) is 7.05. The molecule has 3 rings (SSSR count). The third-order valence-electron chi connectivity index (χ3n) is 4.34. The van der Waals surface area contributed by atoms with Crippen LogP contribution in [0.2, 0.25) is 0 Å². The minimum atomic E-state index is -0.241. The Labute approximate surface area is 162 Å². The van der Waals surface area contributed by atoms with Crippen LogP contribution in [-0.4, -0.2) is 34.6 Å². The van der Waals surface area contributed by atoms with Gasteiger partial charge in [-0.2, -0.15) is 0 Å². The molecule has 2 aromatic rings. The number of piperidine rings is 1. The van der Waals surface area contributed by atoms with Crippen LogP contribution < -0.4 is 5.32 Å². The van der Waals surface area contributed by atoms with Crippen LogP contribution in [0.3, 0.4) is 0 Å². The number of hydrogen-bond acceptors (Lipinski definition) is 5. The van der Waals surface area contributed by atoms with E-state index in [1.807, 2.05) is 5.38 Å². The molecular weight excluding hydrogens is 369 g/mol. The number of carbonyl (C=O) groups is 1. The number of thioether (sulfide) groups is 1. The van der Waals surface area contributed by atoms with Gasteiger partial charge in [-0.15, -0.1) is 23.1 Å². The van der Waals surface area contributed by atoms with Crippen LogP contribution in [0.25, 0.3) is 0 Å². The first kappa shape index (κ1) is 19.3. The average molecular weight is 394 g/mol. The Morgan fingerprint density at radius 3 is 3.00 bits per heavy atom. The standard InChI is InChI=1S/C19H24FN3OS2/c1-14-3-2-8-23(9-14)10-17-12-26-19(21-17)22-18(24)13-25-11-15-4-6-16(20)7-5-15/h4-7,12,14H,2-3,8-11,13H2,1H3,(H,21,22,24). The van der Waals surface area contributed by atoms with Crippen LogP contribution in [0, 0.1) is 11.7 Å². The fraction of sp³-hybridized carbons (Fsp3) is 0.474. The second kappa shape index (κ2) is 9.48. The number of thiazole rings is 1. The van der Waals surface area contributed by atoms with E-state index in [0.29, 0.717) is 16.6 Å². The van der Waals surface area contributed by atoms with E-state index >= 15 is 0 Å². The molecule has 1 aliphatic rings. The Morgan fingerprint density at radius 1 is 1.42 bits per heavy atom. The molecule has 2 heterocycles. The van der Waals surface area contributed by atoms with Gasteiger partial charge in [0, 0.05) is 24.2 Å². The van der Waals surface area contributed by atoms with Crippen LogP contribution in [0.15, 0.2) is 29.6 Å². The van der Waals surface area contributed by atoms with Crippen molar-refractivity contribution in [3.05, 3.63) is 46.7 Å². The maximum atomic E-state index is 12.9. The van der Waals surface area contributed by atoms with Crippen molar-refractivity contribution in [1.29, 1.82) is 0 Å². The summed E-state index contributed by atoms with van der Waals surface area (Å²) < 4.78 is 12.9. The van der Waals surface area contributed by atoms with E-state index in [1.54, 1.807) is 12.1 Å². The molecule has 1 aliphatic heterocycles. The van der Waals surface area contributed by atoms with E-state index in [9.17, 15) is 9.18 Å². The highest BCUT2D eigenvalue weighted by molar-refractivity contribution is 7.99. The summed E-state index contributed by atoms with van der Waals surface area (Å²) in [4.78, 5) is 19.0. The summed E-state index contributed by atoms with van der Waals surface area (Å²) in [5, 5.41) is 5.57. The number of rotatable bonds is 7. The molecule has 1 aromatic carbocycles. The summed E-state index contributed by atoms with van der Waals surface area (Å²) >= 11 is 2.99. The Balaban J connectivity index is 1.40. The zero-order valence-electron chi connectivity index (χ0n) is 14.9. The largest absolute Gasteiger partial charge is 0.301 e. The number of benzene rings is 1. The summed E-state index contributed by atoms with van der Waals surface area (Å²) in [5.41, 5.74) is 2.04. The molecule has 0 bridgehead atoms. The Bertz CT molecular complexity index is 720. The highest BCUT2D eigenvalue weighted by atomic mass is 32.2. The van der Waals surface area contributed by atoms with Crippen molar-refractivity contribution in [2.75, 3.05) is 24.2 Å². The monoisotopic (exact) mass is 393 g/mol. The topological polar surface area (TPSA) is 45.2 Å². The molecule has 0 radical (unpaired) electrons. The van der Waals surface area contributed by atoms with Crippen LogP contribution in [0.4, 0.5) is 9.52 Å². The molecule has 1 saturated heterocycles. The van der Waals surface area contributed by atoms with E-state index in [0.717, 1.165) is 36.8 Å². The third kappa shape index (κ3) is 6.07. The zero-order valence-corrected chi connectivity index (χ0v) is 16.5. The number of halogens is 1. The molecule has 26 heavy (non-hydrogen) atoms. The van der Waals surface area contributed by atoms with Crippen molar-refractivity contribution in [2.45, 2.75) is 32.1 Å². The first-order valence-electron chi connectivity index (χ1n) is 8.87. The molecule has 7 heteroatoms. The van der Waals surface area contributed by atoms with Gasteiger partial charge in [0.15, 0.2) is 5.13 Å². The van der Waals surface area contributed by atoms with Gasteiger partial charge in [0.25, 0.3) is 0 Å². The third-order valence-corrected chi connectivity index (χ3v) is 6.15. The molecule has 1 N–H and O–H groups in total. The van der Waals surface area contributed by atoms with Crippen molar-refractivity contribution in [3.8, 4) is 0 Å². The molecule has 140 valence electrons. The smallest absolute Gasteiger partial charge is 0.236 e. The van der Waals surface area contributed by atoms with Gasteiger partial charge < -0.3 is 5.32 Å². The van der Waals surface area contributed by atoms with E-state index in [4.69, 9.17) is 0 Å². The highest BCUT2D eigenvalue weighted by Gasteiger charge is 2.17. The second-order valence-corrected chi connectivity index (χ2v) is 8.64. The fourth-order valence-corrected chi connectivity index (χ4v) is 4.60. The van der Waals surface area contributed by atoms with E-state index in [-0.39, 0.29) is 11.7 Å². The van der Waals surface area contributed by atoms with Crippen molar-refractivity contribution < 1.29 is 9.18 Å². The average Bonchev–Trinajstić information content (AvgIpc) is 3.03. The molecule has 1 fully saturated rings. The van der Waals surface area contributed by atoms with Gasteiger partial charge in [-0.05, 0) is 43.0 Å². The predicted octanol–water partition coefficient (Wildman–Crippen LogP) is 4.39. The van der Waals surface area contributed by atoms with Crippen LogP contribution >= 0.6 is 23.1 Å². The molecule has 0 spiro atoms. The summed E-state index contributed by atoms with van der Waals surface area (Å²) in [6.45, 7) is 5.40. The molecule has 1 unspecified atom stereocenters. The SMILES string of the molecule is CC1CCCN(Cc2csc(NC(=O)CSCc3ccc(F)cc3)n2)C1. The molecule has 1 atom stereocenters. The number of anilines is 1. The van der Waals surface area contributed by atoms with Gasteiger partial charge in [0.2, 0.25) is 5.91 Å². The lowest BCUT2D eigenvalue weighted by molar-refractivity contribution is -0.113. The summed E-state index contributed by atoms with van der Waals surface area (Å²) in [6, 6.07) is 6.37. The van der Waals surface area contributed by atoms with Gasteiger partial charge in [0.1, 0.15) is 5.82 Å². The van der Waals surface area contributed by atoms with E-state index < -0.39 is 0 Å². The molecule has 4 nitrogen and oxygen atoms in total. The van der Waals surface area contributed by atoms with Crippen molar-refractivity contribution in [1.82, 2.24) is 9.88 Å². The van der Waals surface area contributed by atoms with Crippen LogP contribution in [0.1, 0.15) is 31.0 Å². The molecule has 0 saturated carbocycles. The first-order valence-corrected chi connectivity index (χ1v) is 10.9. The first-order chi connectivity index (χ1) is 12.6. The molecule has 1 amide bonds. The van der Waals surface area contributed by atoms with Gasteiger partial charge in [0.05, 0.1) is 11.4 Å². The normalized spacial score (nSPS) is 18.0. The highest BCUT2D eigenvalue weighted by Crippen LogP contribution is 2.21. The minimum Gasteiger partial charge on any atom is -0.301 e. The number of carbonyl (C=O) groups excluding carboxylic acids is 1. The number of aromatic nitrogens is 1. The van der Waals surface area contributed by atoms with Crippen molar-refractivity contribution >= 4 is 34.1 Å². The molecule has 1 aromatic heterocycles. The second-order valence-electron chi connectivity index (χ2n) is 6.79. The summed E-state index contributed by atoms with van der Waals surface area (Å²) in [7, 11) is 0. The quantitative estimate of drug-likeness (QED) is 0.758. The number of hydrogen-bond donors (Lipinski definition) is 1. The lowest BCUT2D eigenvalue weighted by atomic mass is 10.0. The van der Waals surface area contributed by atoms with Gasteiger partial charge in [-0.3, -0.25) is 9.69 Å². The van der Waals surface area contributed by atoms with Crippen molar-refractivity contribution in [2.24, 2.45) is 5.92 Å². The van der Waals surface area contributed by atoms with Gasteiger partial charge in [-0.1, -0.05) is 19.1 Å². The molecular formula is C19H24FN3OS2. The molecule has 0 aliphatic carbocycles.